The van der Waals surface area contributed by atoms with Crippen molar-refractivity contribution in [2.45, 2.75) is 70.9 Å². The van der Waals surface area contributed by atoms with Gasteiger partial charge in [-0.2, -0.15) is 0 Å². The normalized spacial score (nSPS) is 19.6. The van der Waals surface area contributed by atoms with E-state index in [0.717, 1.165) is 38.6 Å². The molecule has 6 heteroatoms. The van der Waals surface area contributed by atoms with Gasteiger partial charge >= 0.3 is 0 Å². The third-order valence-corrected chi connectivity index (χ3v) is 3.92. The fraction of sp³-hybridized carbons (Fsp3) is 0.867. The summed E-state index contributed by atoms with van der Waals surface area (Å²) in [5.41, 5.74) is 5.98. The quantitative estimate of drug-likeness (QED) is 0.703. The number of hydrogen-bond acceptors (Lipinski definition) is 3. The van der Waals surface area contributed by atoms with Crippen molar-refractivity contribution in [1.29, 1.82) is 0 Å². The summed E-state index contributed by atoms with van der Waals surface area (Å²) < 4.78 is 0. The smallest absolute Gasteiger partial charge is 0.222 e. The van der Waals surface area contributed by atoms with E-state index >= 15 is 0 Å². The maximum absolute atomic E-state index is 12.3. The van der Waals surface area contributed by atoms with Crippen molar-refractivity contribution in [2.75, 3.05) is 13.1 Å². The molecule has 3 N–H and O–H groups in total. The van der Waals surface area contributed by atoms with Gasteiger partial charge in [0, 0.05) is 38.5 Å². The van der Waals surface area contributed by atoms with Crippen LogP contribution in [0.1, 0.15) is 58.8 Å². The van der Waals surface area contributed by atoms with E-state index < -0.39 is 0 Å². The predicted octanol–water partition coefficient (Wildman–Crippen LogP) is 1.83. The first kappa shape index (κ1) is 20.2. The largest absolute Gasteiger partial charge is 0.356 e. The maximum atomic E-state index is 12.3. The summed E-state index contributed by atoms with van der Waals surface area (Å²) in [5, 5.41) is 2.77. The number of likely N-dealkylation sites (tertiary alicyclic amines) is 1. The Balaban J connectivity index is 0.00000400. The van der Waals surface area contributed by atoms with Crippen LogP contribution in [0, 0.1) is 0 Å². The topological polar surface area (TPSA) is 75.4 Å². The van der Waals surface area contributed by atoms with Gasteiger partial charge in [-0.25, -0.2) is 0 Å². The molecule has 1 saturated heterocycles. The minimum atomic E-state index is 0. The lowest BCUT2D eigenvalue weighted by atomic mass is 9.96. The first-order valence-electron chi connectivity index (χ1n) is 7.82. The molecule has 1 aliphatic heterocycles. The molecule has 0 spiro atoms. The fourth-order valence-corrected chi connectivity index (χ4v) is 2.80. The van der Waals surface area contributed by atoms with Crippen LogP contribution < -0.4 is 11.1 Å². The number of carbonyl (C=O) groups excluding carboxylic acids is 2. The average Bonchev–Trinajstić information content (AvgIpc) is 2.42. The molecule has 2 unspecified atom stereocenters. The Morgan fingerprint density at radius 1 is 1.29 bits per heavy atom. The Labute approximate surface area is 134 Å². The first-order valence-corrected chi connectivity index (χ1v) is 7.82. The van der Waals surface area contributed by atoms with Gasteiger partial charge in [-0.15, -0.1) is 12.4 Å². The lowest BCUT2D eigenvalue weighted by molar-refractivity contribution is -0.135. The Morgan fingerprint density at radius 2 is 2.00 bits per heavy atom. The highest BCUT2D eigenvalue weighted by Gasteiger charge is 2.28. The molecule has 21 heavy (non-hydrogen) atoms. The Kier molecular flexibility index (Phi) is 10.4. The summed E-state index contributed by atoms with van der Waals surface area (Å²) in [6.45, 7) is 5.07. The van der Waals surface area contributed by atoms with Crippen molar-refractivity contribution in [1.82, 2.24) is 10.2 Å². The lowest BCUT2D eigenvalue weighted by Gasteiger charge is -2.38. The zero-order valence-corrected chi connectivity index (χ0v) is 14.1. The molecule has 0 saturated carbocycles. The van der Waals surface area contributed by atoms with Gasteiger partial charge in [0.05, 0.1) is 0 Å². The zero-order chi connectivity index (χ0) is 15.0. The minimum Gasteiger partial charge on any atom is -0.356 e. The second-order valence-corrected chi connectivity index (χ2v) is 5.80. The number of nitrogens with zero attached hydrogens (tertiary/aromatic N) is 1. The predicted molar refractivity (Wildman–Crippen MR) is 87.4 cm³/mol. The molecule has 1 heterocycles. The summed E-state index contributed by atoms with van der Waals surface area (Å²) in [6.07, 6.45) is 6.70. The highest BCUT2D eigenvalue weighted by atomic mass is 35.5. The van der Waals surface area contributed by atoms with Crippen molar-refractivity contribution in [2.24, 2.45) is 5.73 Å². The number of piperidine rings is 1. The lowest BCUT2D eigenvalue weighted by Crippen LogP contribution is -2.51. The average molecular weight is 320 g/mol. The van der Waals surface area contributed by atoms with Crippen LogP contribution in [-0.4, -0.2) is 41.9 Å². The van der Waals surface area contributed by atoms with Gasteiger partial charge in [-0.3, -0.25) is 9.59 Å². The Morgan fingerprint density at radius 3 is 2.62 bits per heavy atom. The van der Waals surface area contributed by atoms with Crippen LogP contribution >= 0.6 is 12.4 Å². The molecule has 0 aromatic carbocycles. The molecule has 2 atom stereocenters. The van der Waals surface area contributed by atoms with E-state index in [2.05, 4.69) is 5.32 Å². The van der Waals surface area contributed by atoms with Crippen LogP contribution in [0.2, 0.25) is 0 Å². The van der Waals surface area contributed by atoms with Gasteiger partial charge in [0.1, 0.15) is 0 Å². The summed E-state index contributed by atoms with van der Waals surface area (Å²) >= 11 is 0. The standard InChI is InChI=1S/C15H29N3O2.ClH/c1-12(16)14-8-5-7-11-18(14)15(20)9-4-3-6-10-17-13(2)19;/h12,14H,3-11,16H2,1-2H3,(H,17,19);1H. The van der Waals surface area contributed by atoms with E-state index in [-0.39, 0.29) is 36.3 Å². The second-order valence-electron chi connectivity index (χ2n) is 5.80. The summed E-state index contributed by atoms with van der Waals surface area (Å²) in [6, 6.07) is 0.273. The zero-order valence-electron chi connectivity index (χ0n) is 13.3. The molecule has 0 aromatic rings. The number of rotatable bonds is 7. The molecule has 0 aromatic heterocycles. The number of nitrogens with one attached hydrogen (secondary N) is 1. The number of amides is 2. The third-order valence-electron chi connectivity index (χ3n) is 3.92. The van der Waals surface area contributed by atoms with Crippen LogP contribution in [0.3, 0.4) is 0 Å². The second kappa shape index (κ2) is 10.9. The minimum absolute atomic E-state index is 0. The molecule has 2 amide bonds. The monoisotopic (exact) mass is 319 g/mol. The number of carbonyl (C=O) groups is 2. The summed E-state index contributed by atoms with van der Waals surface area (Å²) in [7, 11) is 0. The van der Waals surface area contributed by atoms with Gasteiger partial charge in [0.2, 0.25) is 11.8 Å². The fourth-order valence-electron chi connectivity index (χ4n) is 2.80. The van der Waals surface area contributed by atoms with Gasteiger partial charge in [-0.1, -0.05) is 6.42 Å². The number of hydrogen-bond donors (Lipinski definition) is 2. The maximum Gasteiger partial charge on any atom is 0.222 e. The number of halogens is 1. The highest BCUT2D eigenvalue weighted by molar-refractivity contribution is 5.85. The SMILES string of the molecule is CC(=O)NCCCCCC(=O)N1CCCCC1C(C)N.Cl. The molecule has 124 valence electrons. The Hall–Kier alpha value is -0.810. The summed E-state index contributed by atoms with van der Waals surface area (Å²) in [4.78, 5) is 24.9. The highest BCUT2D eigenvalue weighted by Crippen LogP contribution is 2.20. The molecular formula is C15H30ClN3O2. The molecule has 0 aliphatic carbocycles. The van der Waals surface area contributed by atoms with Crippen molar-refractivity contribution in [3.63, 3.8) is 0 Å². The Bertz CT molecular complexity index is 324. The van der Waals surface area contributed by atoms with Gasteiger partial charge in [0.25, 0.3) is 0 Å². The number of unbranched alkanes of at least 4 members (excludes halogenated alkanes) is 2. The van der Waals surface area contributed by atoms with Gasteiger partial charge in [0.15, 0.2) is 0 Å². The van der Waals surface area contributed by atoms with Crippen LogP contribution in [0.5, 0.6) is 0 Å². The molecular weight excluding hydrogens is 290 g/mol. The first-order chi connectivity index (χ1) is 9.52. The van der Waals surface area contributed by atoms with E-state index in [1.54, 1.807) is 0 Å². The van der Waals surface area contributed by atoms with Crippen molar-refractivity contribution in [3.8, 4) is 0 Å². The molecule has 0 radical (unpaired) electrons. The van der Waals surface area contributed by atoms with Gasteiger partial charge < -0.3 is 16.0 Å². The van der Waals surface area contributed by atoms with Crippen molar-refractivity contribution >= 4 is 24.2 Å². The summed E-state index contributed by atoms with van der Waals surface area (Å²) in [5.74, 6) is 0.251. The van der Waals surface area contributed by atoms with Crippen LogP contribution in [0.25, 0.3) is 0 Å². The van der Waals surface area contributed by atoms with Crippen LogP contribution in [0.4, 0.5) is 0 Å². The number of nitrogens with two attached hydrogens (primary N) is 1. The molecule has 1 rings (SSSR count). The van der Waals surface area contributed by atoms with E-state index in [0.29, 0.717) is 13.0 Å². The third kappa shape index (κ3) is 7.67. The van der Waals surface area contributed by atoms with Crippen molar-refractivity contribution in [3.05, 3.63) is 0 Å². The van der Waals surface area contributed by atoms with E-state index in [9.17, 15) is 9.59 Å². The molecule has 0 bridgehead atoms. The van der Waals surface area contributed by atoms with Crippen LogP contribution in [0.15, 0.2) is 0 Å². The van der Waals surface area contributed by atoms with E-state index in [4.69, 9.17) is 5.73 Å². The van der Waals surface area contributed by atoms with E-state index in [1.165, 1.54) is 13.3 Å². The molecule has 5 nitrogen and oxygen atoms in total. The van der Waals surface area contributed by atoms with Crippen molar-refractivity contribution < 1.29 is 9.59 Å². The van der Waals surface area contributed by atoms with Crippen LogP contribution in [-0.2, 0) is 9.59 Å². The van der Waals surface area contributed by atoms with E-state index in [1.807, 2.05) is 11.8 Å². The van der Waals surface area contributed by atoms with Gasteiger partial charge in [-0.05, 0) is 39.0 Å². The molecule has 1 fully saturated rings. The molecule has 1 aliphatic rings.